The van der Waals surface area contributed by atoms with E-state index in [0.717, 1.165) is 4.90 Å². The Morgan fingerprint density at radius 2 is 1.95 bits per heavy atom. The quantitative estimate of drug-likeness (QED) is 0.835. The van der Waals surface area contributed by atoms with E-state index < -0.39 is 11.7 Å². The molecule has 1 aromatic rings. The van der Waals surface area contributed by atoms with Crippen LogP contribution in [-0.4, -0.2) is 29.2 Å². The molecule has 100 valence electrons. The average Bonchev–Trinajstić information content (AvgIpc) is 2.65. The molecule has 0 spiro atoms. The van der Waals surface area contributed by atoms with Crippen LogP contribution in [0.5, 0.6) is 0 Å². The molecule has 0 radical (unpaired) electrons. The van der Waals surface area contributed by atoms with Gasteiger partial charge in [-0.3, -0.25) is 19.3 Å². The van der Waals surface area contributed by atoms with Crippen LogP contribution in [0, 0.1) is 12.7 Å². The first-order valence-electron chi connectivity index (χ1n) is 5.86. The highest BCUT2D eigenvalue weighted by Gasteiger charge is 2.30. The molecule has 5 nitrogen and oxygen atoms in total. The first kappa shape index (κ1) is 13.2. The Hall–Kier alpha value is -2.24. The number of amides is 3. The second-order valence-corrected chi connectivity index (χ2v) is 4.38. The van der Waals surface area contributed by atoms with E-state index in [2.05, 4.69) is 5.32 Å². The highest BCUT2D eigenvalue weighted by Crippen LogP contribution is 2.16. The molecule has 19 heavy (non-hydrogen) atoms. The fourth-order valence-corrected chi connectivity index (χ4v) is 1.86. The molecule has 1 fully saturated rings. The maximum atomic E-state index is 13.1. The molecule has 1 heterocycles. The van der Waals surface area contributed by atoms with Gasteiger partial charge in [-0.25, -0.2) is 4.39 Å². The molecule has 0 bridgehead atoms. The predicted molar refractivity (Wildman–Crippen MR) is 65.7 cm³/mol. The maximum absolute atomic E-state index is 13.1. The van der Waals surface area contributed by atoms with Gasteiger partial charge in [0.05, 0.1) is 0 Å². The number of nitrogens with one attached hydrogen (secondary N) is 1. The largest absolute Gasteiger partial charge is 0.324 e. The molecular formula is C13H13FN2O3. The van der Waals surface area contributed by atoms with Crippen molar-refractivity contribution >= 4 is 23.4 Å². The SMILES string of the molecule is Cc1ccc(F)cc1NC(=O)CN1C(=O)CCC1=O. The fraction of sp³-hybridized carbons (Fsp3) is 0.308. The van der Waals surface area contributed by atoms with Gasteiger partial charge in [0.1, 0.15) is 12.4 Å². The van der Waals surface area contributed by atoms with Crippen molar-refractivity contribution in [1.29, 1.82) is 0 Å². The van der Waals surface area contributed by atoms with Crippen LogP contribution in [0.3, 0.4) is 0 Å². The van der Waals surface area contributed by atoms with Crippen LogP contribution in [0.15, 0.2) is 18.2 Å². The third-order valence-corrected chi connectivity index (χ3v) is 2.93. The number of carbonyl (C=O) groups is 3. The number of likely N-dealkylation sites (tertiary alicyclic amines) is 1. The topological polar surface area (TPSA) is 66.5 Å². The number of nitrogens with zero attached hydrogens (tertiary/aromatic N) is 1. The molecule has 1 saturated heterocycles. The van der Waals surface area contributed by atoms with E-state index >= 15 is 0 Å². The highest BCUT2D eigenvalue weighted by molar-refractivity contribution is 6.06. The second kappa shape index (κ2) is 5.17. The third kappa shape index (κ3) is 2.96. The Labute approximate surface area is 109 Å². The third-order valence-electron chi connectivity index (χ3n) is 2.93. The van der Waals surface area contributed by atoms with Crippen molar-refractivity contribution in [3.8, 4) is 0 Å². The number of hydrogen-bond donors (Lipinski definition) is 1. The van der Waals surface area contributed by atoms with Crippen molar-refractivity contribution in [2.75, 3.05) is 11.9 Å². The number of imide groups is 1. The number of carbonyl (C=O) groups excluding carboxylic acids is 3. The summed E-state index contributed by atoms with van der Waals surface area (Å²) in [5.74, 6) is -1.68. The van der Waals surface area contributed by atoms with Gasteiger partial charge < -0.3 is 5.32 Å². The van der Waals surface area contributed by atoms with Crippen molar-refractivity contribution in [3.05, 3.63) is 29.6 Å². The minimum Gasteiger partial charge on any atom is -0.324 e. The number of rotatable bonds is 3. The summed E-state index contributed by atoms with van der Waals surface area (Å²) in [7, 11) is 0. The van der Waals surface area contributed by atoms with Crippen LogP contribution in [0.1, 0.15) is 18.4 Å². The lowest BCUT2D eigenvalue weighted by atomic mass is 10.2. The lowest BCUT2D eigenvalue weighted by Crippen LogP contribution is -2.37. The fourth-order valence-electron chi connectivity index (χ4n) is 1.86. The van der Waals surface area contributed by atoms with Crippen LogP contribution in [0.2, 0.25) is 0 Å². The first-order chi connectivity index (χ1) is 8.97. The van der Waals surface area contributed by atoms with Gasteiger partial charge in [-0.1, -0.05) is 6.07 Å². The van der Waals surface area contributed by atoms with E-state index in [4.69, 9.17) is 0 Å². The smallest absolute Gasteiger partial charge is 0.244 e. The Morgan fingerprint density at radius 1 is 1.32 bits per heavy atom. The molecule has 0 aliphatic carbocycles. The monoisotopic (exact) mass is 264 g/mol. The zero-order valence-corrected chi connectivity index (χ0v) is 10.4. The van der Waals surface area contributed by atoms with Gasteiger partial charge >= 0.3 is 0 Å². The molecule has 0 unspecified atom stereocenters. The Kier molecular flexibility index (Phi) is 3.59. The summed E-state index contributed by atoms with van der Waals surface area (Å²) in [6, 6.07) is 4.02. The van der Waals surface area contributed by atoms with Gasteiger partial charge in [0.2, 0.25) is 17.7 Å². The molecule has 1 aliphatic rings. The van der Waals surface area contributed by atoms with Crippen LogP contribution in [0.4, 0.5) is 10.1 Å². The number of hydrogen-bond acceptors (Lipinski definition) is 3. The Bertz CT molecular complexity index is 541. The average molecular weight is 264 g/mol. The Morgan fingerprint density at radius 3 is 2.58 bits per heavy atom. The normalized spacial score (nSPS) is 14.9. The molecule has 0 aromatic heterocycles. The zero-order valence-electron chi connectivity index (χ0n) is 10.4. The second-order valence-electron chi connectivity index (χ2n) is 4.38. The standard InChI is InChI=1S/C13H13FN2O3/c1-8-2-3-9(14)6-10(8)15-11(17)7-16-12(18)4-5-13(16)19/h2-3,6H,4-5,7H2,1H3,(H,15,17). The minimum absolute atomic E-state index is 0.144. The summed E-state index contributed by atoms with van der Waals surface area (Å²) in [5, 5.41) is 2.49. The van der Waals surface area contributed by atoms with Crippen molar-refractivity contribution in [3.63, 3.8) is 0 Å². The lowest BCUT2D eigenvalue weighted by Gasteiger charge is -2.14. The van der Waals surface area contributed by atoms with Gasteiger partial charge in [0, 0.05) is 18.5 Å². The predicted octanol–water partition coefficient (Wildman–Crippen LogP) is 1.22. The van der Waals surface area contributed by atoms with Crippen molar-refractivity contribution in [2.24, 2.45) is 0 Å². The van der Waals surface area contributed by atoms with Crippen molar-refractivity contribution in [2.45, 2.75) is 19.8 Å². The summed E-state index contributed by atoms with van der Waals surface area (Å²) in [6.45, 7) is 1.40. The van der Waals surface area contributed by atoms with E-state index in [1.54, 1.807) is 6.92 Å². The Balaban J connectivity index is 2.03. The number of benzene rings is 1. The molecule has 1 N–H and O–H groups in total. The van der Waals surface area contributed by atoms with Crippen LogP contribution >= 0.6 is 0 Å². The van der Waals surface area contributed by atoms with Gasteiger partial charge in [-0.15, -0.1) is 0 Å². The van der Waals surface area contributed by atoms with Crippen LogP contribution in [-0.2, 0) is 14.4 Å². The van der Waals surface area contributed by atoms with Crippen LogP contribution in [0.25, 0.3) is 0 Å². The molecule has 0 atom stereocenters. The molecule has 2 rings (SSSR count). The van der Waals surface area contributed by atoms with E-state index in [1.807, 2.05) is 0 Å². The first-order valence-corrected chi connectivity index (χ1v) is 5.86. The van der Waals surface area contributed by atoms with E-state index in [-0.39, 0.29) is 31.2 Å². The molecule has 6 heteroatoms. The van der Waals surface area contributed by atoms with Crippen molar-refractivity contribution < 1.29 is 18.8 Å². The van der Waals surface area contributed by atoms with E-state index in [0.29, 0.717) is 11.3 Å². The van der Waals surface area contributed by atoms with Crippen molar-refractivity contribution in [1.82, 2.24) is 4.90 Å². The summed E-state index contributed by atoms with van der Waals surface area (Å²) in [4.78, 5) is 35.4. The van der Waals surface area contributed by atoms with E-state index in [9.17, 15) is 18.8 Å². The summed E-state index contributed by atoms with van der Waals surface area (Å²) in [6.07, 6.45) is 0.288. The zero-order chi connectivity index (χ0) is 14.0. The number of aryl methyl sites for hydroxylation is 1. The van der Waals surface area contributed by atoms with Gasteiger partial charge in [-0.2, -0.15) is 0 Å². The van der Waals surface area contributed by atoms with Crippen LogP contribution < -0.4 is 5.32 Å². The summed E-state index contributed by atoms with van der Waals surface area (Å²) < 4.78 is 13.1. The van der Waals surface area contributed by atoms with Gasteiger partial charge in [-0.05, 0) is 24.6 Å². The lowest BCUT2D eigenvalue weighted by molar-refractivity contribution is -0.141. The molecule has 1 aliphatic heterocycles. The summed E-state index contributed by atoms with van der Waals surface area (Å²) >= 11 is 0. The molecular weight excluding hydrogens is 251 g/mol. The number of halogens is 1. The van der Waals surface area contributed by atoms with E-state index in [1.165, 1.54) is 18.2 Å². The van der Waals surface area contributed by atoms with Gasteiger partial charge in [0.25, 0.3) is 0 Å². The molecule has 0 saturated carbocycles. The molecule has 3 amide bonds. The minimum atomic E-state index is -0.516. The maximum Gasteiger partial charge on any atom is 0.244 e. The summed E-state index contributed by atoms with van der Waals surface area (Å²) in [5.41, 5.74) is 1.04. The number of anilines is 1. The highest BCUT2D eigenvalue weighted by atomic mass is 19.1. The molecule has 1 aromatic carbocycles. The van der Waals surface area contributed by atoms with Gasteiger partial charge in [0.15, 0.2) is 0 Å².